The van der Waals surface area contributed by atoms with Crippen LogP contribution >= 0.6 is 0 Å². The quantitative estimate of drug-likeness (QED) is 0.557. The molecular formula is C22H33N5O5. The van der Waals surface area contributed by atoms with Gasteiger partial charge in [-0.25, -0.2) is 9.48 Å². The fraction of sp³-hybridized carbons (Fsp3) is 0.545. The predicted octanol–water partition coefficient (Wildman–Crippen LogP) is 3.30. The summed E-state index contributed by atoms with van der Waals surface area (Å²) < 4.78 is 17.9. The Balaban J connectivity index is 2.05. The molecule has 2 rings (SSSR count). The van der Waals surface area contributed by atoms with Gasteiger partial charge < -0.3 is 24.4 Å². The average molecular weight is 448 g/mol. The van der Waals surface area contributed by atoms with Gasteiger partial charge in [-0.1, -0.05) is 23.4 Å². The van der Waals surface area contributed by atoms with Gasteiger partial charge in [-0.15, -0.1) is 5.10 Å². The molecule has 1 aromatic carbocycles. The Morgan fingerprint density at radius 2 is 1.81 bits per heavy atom. The van der Waals surface area contributed by atoms with Gasteiger partial charge in [-0.3, -0.25) is 4.79 Å². The molecule has 10 heteroatoms. The van der Waals surface area contributed by atoms with Gasteiger partial charge in [0, 0.05) is 25.9 Å². The molecular weight excluding hydrogens is 414 g/mol. The van der Waals surface area contributed by atoms with Crippen molar-refractivity contribution < 1.29 is 23.8 Å². The number of nitrogens with zero attached hydrogens (tertiary/aromatic N) is 4. The molecule has 0 aliphatic rings. The van der Waals surface area contributed by atoms with E-state index in [9.17, 15) is 9.59 Å². The molecule has 0 aliphatic heterocycles. The van der Waals surface area contributed by atoms with Crippen LogP contribution in [0.25, 0.3) is 0 Å². The lowest BCUT2D eigenvalue weighted by Gasteiger charge is -2.25. The molecule has 2 amide bonds. The second-order valence-corrected chi connectivity index (χ2v) is 8.11. The Hall–Kier alpha value is -2.98. The molecule has 32 heavy (non-hydrogen) atoms. The molecule has 0 spiro atoms. The van der Waals surface area contributed by atoms with Crippen molar-refractivity contribution in [3.63, 3.8) is 0 Å². The zero-order valence-corrected chi connectivity index (χ0v) is 19.6. The molecule has 0 bridgehead atoms. The summed E-state index contributed by atoms with van der Waals surface area (Å²) in [5.74, 6) is -0.409. The van der Waals surface area contributed by atoms with Gasteiger partial charge in [0.25, 0.3) is 5.91 Å². The molecule has 176 valence electrons. The highest BCUT2D eigenvalue weighted by atomic mass is 16.7. The SMILES string of the molecule is CCOC(Cn1cc(C(=O)Nc2ccccc2CN(C)C(=O)OC(C)(C)C)nn1)OCC. The Kier molecular flexibility index (Phi) is 9.15. The monoisotopic (exact) mass is 447 g/mol. The van der Waals surface area contributed by atoms with E-state index in [0.29, 0.717) is 25.4 Å². The Morgan fingerprint density at radius 1 is 1.16 bits per heavy atom. The summed E-state index contributed by atoms with van der Waals surface area (Å²) in [5, 5.41) is 10.8. The van der Waals surface area contributed by atoms with Crippen LogP contribution in [0.5, 0.6) is 0 Å². The van der Waals surface area contributed by atoms with Gasteiger partial charge in [0.15, 0.2) is 12.0 Å². The van der Waals surface area contributed by atoms with Crippen LogP contribution in [-0.2, 0) is 27.3 Å². The van der Waals surface area contributed by atoms with E-state index in [1.165, 1.54) is 15.8 Å². The molecule has 0 atom stereocenters. The first kappa shape index (κ1) is 25.3. The maximum absolute atomic E-state index is 12.7. The smallest absolute Gasteiger partial charge is 0.410 e. The molecule has 0 saturated heterocycles. The maximum atomic E-state index is 12.7. The fourth-order valence-electron chi connectivity index (χ4n) is 2.80. The van der Waals surface area contributed by atoms with Crippen molar-refractivity contribution in [3.8, 4) is 0 Å². The van der Waals surface area contributed by atoms with Crippen molar-refractivity contribution in [2.75, 3.05) is 25.6 Å². The number of carbonyl (C=O) groups is 2. The minimum absolute atomic E-state index is 0.159. The molecule has 0 unspecified atom stereocenters. The van der Waals surface area contributed by atoms with Crippen molar-refractivity contribution in [2.45, 2.75) is 59.6 Å². The Morgan fingerprint density at radius 3 is 2.44 bits per heavy atom. The van der Waals surface area contributed by atoms with Crippen molar-refractivity contribution in [3.05, 3.63) is 41.7 Å². The van der Waals surface area contributed by atoms with E-state index in [0.717, 1.165) is 5.56 Å². The number of ether oxygens (including phenoxy) is 3. The number of aromatic nitrogens is 3. The molecule has 10 nitrogen and oxygen atoms in total. The molecule has 1 aromatic heterocycles. The molecule has 1 heterocycles. The number of carbonyl (C=O) groups excluding carboxylic acids is 2. The first-order valence-corrected chi connectivity index (χ1v) is 10.6. The standard InChI is InChI=1S/C22H33N5O5/c1-7-30-19(31-8-2)15-27-14-18(24-25-27)20(28)23-17-12-10-9-11-16(17)13-26(6)21(29)32-22(3,4)5/h9-12,14,19H,7-8,13,15H2,1-6H3,(H,23,28). The maximum Gasteiger partial charge on any atom is 0.410 e. The van der Waals surface area contributed by atoms with Gasteiger partial charge >= 0.3 is 6.09 Å². The van der Waals surface area contributed by atoms with Crippen LogP contribution in [-0.4, -0.2) is 64.0 Å². The number of benzene rings is 1. The van der Waals surface area contributed by atoms with Crippen LogP contribution in [0.2, 0.25) is 0 Å². The number of para-hydroxylation sites is 1. The normalized spacial score (nSPS) is 11.5. The van der Waals surface area contributed by atoms with E-state index in [2.05, 4.69) is 15.6 Å². The van der Waals surface area contributed by atoms with Gasteiger partial charge in [0.1, 0.15) is 5.60 Å². The number of nitrogens with one attached hydrogen (secondary N) is 1. The highest BCUT2D eigenvalue weighted by Gasteiger charge is 2.21. The third-order valence-electron chi connectivity index (χ3n) is 4.19. The third kappa shape index (κ3) is 7.93. The van der Waals surface area contributed by atoms with Crippen molar-refractivity contribution in [1.29, 1.82) is 0 Å². The summed E-state index contributed by atoms with van der Waals surface area (Å²) in [4.78, 5) is 26.5. The Labute approximate surface area is 188 Å². The second-order valence-electron chi connectivity index (χ2n) is 8.11. The molecule has 0 fully saturated rings. The average Bonchev–Trinajstić information content (AvgIpc) is 3.17. The number of anilines is 1. The fourth-order valence-corrected chi connectivity index (χ4v) is 2.80. The molecule has 0 aliphatic carbocycles. The lowest BCUT2D eigenvalue weighted by Crippen LogP contribution is -2.34. The number of hydrogen-bond acceptors (Lipinski definition) is 7. The van der Waals surface area contributed by atoms with Crippen LogP contribution in [0.1, 0.15) is 50.7 Å². The van der Waals surface area contributed by atoms with E-state index in [-0.39, 0.29) is 12.2 Å². The number of amides is 2. The minimum atomic E-state index is -0.589. The van der Waals surface area contributed by atoms with Crippen molar-refractivity contribution >= 4 is 17.7 Å². The zero-order valence-electron chi connectivity index (χ0n) is 19.6. The second kappa shape index (κ2) is 11.6. The van der Waals surface area contributed by atoms with E-state index in [1.54, 1.807) is 19.2 Å². The van der Waals surface area contributed by atoms with Gasteiger partial charge in [0.2, 0.25) is 0 Å². The lowest BCUT2D eigenvalue weighted by atomic mass is 10.1. The first-order chi connectivity index (χ1) is 15.1. The van der Waals surface area contributed by atoms with E-state index < -0.39 is 23.9 Å². The number of hydrogen-bond donors (Lipinski definition) is 1. The zero-order chi connectivity index (χ0) is 23.7. The molecule has 0 saturated carbocycles. The highest BCUT2D eigenvalue weighted by molar-refractivity contribution is 6.03. The third-order valence-corrected chi connectivity index (χ3v) is 4.19. The van der Waals surface area contributed by atoms with E-state index in [4.69, 9.17) is 14.2 Å². The van der Waals surface area contributed by atoms with Crippen LogP contribution in [0, 0.1) is 0 Å². The highest BCUT2D eigenvalue weighted by Crippen LogP contribution is 2.19. The summed E-state index contributed by atoms with van der Waals surface area (Å²) in [6.07, 6.45) is 0.627. The van der Waals surface area contributed by atoms with E-state index in [1.807, 2.05) is 46.8 Å². The Bertz CT molecular complexity index is 887. The van der Waals surface area contributed by atoms with Crippen LogP contribution in [0.4, 0.5) is 10.5 Å². The minimum Gasteiger partial charge on any atom is -0.444 e. The molecule has 0 radical (unpaired) electrons. The van der Waals surface area contributed by atoms with Crippen molar-refractivity contribution in [2.24, 2.45) is 0 Å². The topological polar surface area (TPSA) is 108 Å². The summed E-state index contributed by atoms with van der Waals surface area (Å²) in [5.41, 5.74) is 0.902. The van der Waals surface area contributed by atoms with Crippen molar-refractivity contribution in [1.82, 2.24) is 19.9 Å². The van der Waals surface area contributed by atoms with Gasteiger partial charge in [-0.05, 0) is 46.2 Å². The van der Waals surface area contributed by atoms with Crippen LogP contribution in [0.3, 0.4) is 0 Å². The van der Waals surface area contributed by atoms with E-state index >= 15 is 0 Å². The van der Waals surface area contributed by atoms with Crippen LogP contribution in [0.15, 0.2) is 30.5 Å². The number of rotatable bonds is 10. The predicted molar refractivity (Wildman–Crippen MR) is 119 cm³/mol. The van der Waals surface area contributed by atoms with Gasteiger partial charge in [-0.2, -0.15) is 0 Å². The summed E-state index contributed by atoms with van der Waals surface area (Å²) in [7, 11) is 1.64. The molecule has 1 N–H and O–H groups in total. The first-order valence-electron chi connectivity index (χ1n) is 10.6. The van der Waals surface area contributed by atoms with Crippen LogP contribution < -0.4 is 5.32 Å². The lowest BCUT2D eigenvalue weighted by molar-refractivity contribution is -0.145. The van der Waals surface area contributed by atoms with Gasteiger partial charge in [0.05, 0.1) is 19.3 Å². The largest absolute Gasteiger partial charge is 0.444 e. The summed E-state index contributed by atoms with van der Waals surface area (Å²) >= 11 is 0. The summed E-state index contributed by atoms with van der Waals surface area (Å²) in [6, 6.07) is 7.24. The summed E-state index contributed by atoms with van der Waals surface area (Å²) in [6.45, 7) is 10.8. The molecule has 2 aromatic rings.